The highest BCUT2D eigenvalue weighted by Crippen LogP contribution is 2.15. The first-order valence-corrected chi connectivity index (χ1v) is 4.16. The molecule has 1 atom stereocenters. The normalized spacial score (nSPS) is 25.7. The van der Waals surface area contributed by atoms with E-state index >= 15 is 0 Å². The third-order valence-electron chi connectivity index (χ3n) is 2.30. The van der Waals surface area contributed by atoms with E-state index in [2.05, 4.69) is 11.8 Å². The van der Waals surface area contributed by atoms with Crippen molar-refractivity contribution in [3.8, 4) is 0 Å². The largest absolute Gasteiger partial charge is 0.481 e. The predicted octanol–water partition coefficient (Wildman–Crippen LogP) is 0.945. The lowest BCUT2D eigenvalue weighted by Crippen LogP contribution is -2.29. The van der Waals surface area contributed by atoms with Crippen LogP contribution in [0.25, 0.3) is 0 Å². The predicted molar refractivity (Wildman–Crippen MR) is 42.5 cm³/mol. The van der Waals surface area contributed by atoms with Gasteiger partial charge in [0.15, 0.2) is 0 Å². The summed E-state index contributed by atoms with van der Waals surface area (Å²) in [5, 5.41) is 8.43. The molecule has 1 N–H and O–H groups in total. The number of carboxylic acids is 1. The van der Waals surface area contributed by atoms with Crippen molar-refractivity contribution in [2.45, 2.75) is 32.2 Å². The molecule has 0 aliphatic carbocycles. The first-order chi connectivity index (χ1) is 5.20. The summed E-state index contributed by atoms with van der Waals surface area (Å²) in [6.07, 6.45) is 2.73. The van der Waals surface area contributed by atoms with Gasteiger partial charge in [0.05, 0.1) is 6.42 Å². The number of carbonyl (C=O) groups is 1. The molecule has 11 heavy (non-hydrogen) atoms. The molecule has 1 saturated heterocycles. The summed E-state index contributed by atoms with van der Waals surface area (Å²) in [6, 6.07) is 0.592. The first kappa shape index (κ1) is 8.53. The van der Waals surface area contributed by atoms with E-state index in [1.54, 1.807) is 0 Å². The van der Waals surface area contributed by atoms with Gasteiger partial charge in [-0.2, -0.15) is 0 Å². The van der Waals surface area contributed by atoms with Crippen molar-refractivity contribution < 1.29 is 9.90 Å². The third kappa shape index (κ3) is 2.50. The van der Waals surface area contributed by atoms with Gasteiger partial charge in [-0.3, -0.25) is 4.79 Å². The van der Waals surface area contributed by atoms with Crippen LogP contribution in [0.3, 0.4) is 0 Å². The number of hydrogen-bond acceptors (Lipinski definition) is 2. The molecular formula is C8H15NO2. The van der Waals surface area contributed by atoms with Crippen LogP contribution in [-0.2, 0) is 4.79 Å². The van der Waals surface area contributed by atoms with E-state index in [1.807, 2.05) is 0 Å². The second-order valence-corrected chi connectivity index (χ2v) is 3.17. The van der Waals surface area contributed by atoms with Crippen LogP contribution in [0.5, 0.6) is 0 Å². The van der Waals surface area contributed by atoms with Crippen molar-refractivity contribution in [1.82, 2.24) is 4.90 Å². The minimum atomic E-state index is -0.691. The molecule has 0 radical (unpaired) electrons. The lowest BCUT2D eigenvalue weighted by Gasteiger charge is -2.19. The van der Waals surface area contributed by atoms with Crippen molar-refractivity contribution in [1.29, 1.82) is 0 Å². The van der Waals surface area contributed by atoms with Crippen LogP contribution in [0.1, 0.15) is 26.2 Å². The molecule has 3 heteroatoms. The van der Waals surface area contributed by atoms with Gasteiger partial charge >= 0.3 is 5.97 Å². The Bertz CT molecular complexity index is 147. The lowest BCUT2D eigenvalue weighted by molar-refractivity contribution is -0.137. The fourth-order valence-corrected chi connectivity index (χ4v) is 1.56. The van der Waals surface area contributed by atoms with Crippen LogP contribution in [0, 0.1) is 0 Å². The maximum atomic E-state index is 10.2. The molecule has 0 amide bonds. The van der Waals surface area contributed by atoms with Gasteiger partial charge in [0.1, 0.15) is 0 Å². The Morgan fingerprint density at radius 2 is 2.45 bits per heavy atom. The van der Waals surface area contributed by atoms with Crippen molar-refractivity contribution in [2.75, 3.05) is 13.1 Å². The third-order valence-corrected chi connectivity index (χ3v) is 2.30. The first-order valence-electron chi connectivity index (χ1n) is 4.16. The SMILES string of the molecule is CC1CCCN1CCC(=O)O. The molecule has 1 rings (SSSR count). The summed E-state index contributed by atoms with van der Waals surface area (Å²) in [6.45, 7) is 3.96. The standard InChI is InChI=1S/C8H15NO2/c1-7-3-2-5-9(7)6-4-8(10)11/h7H,2-6H2,1H3,(H,10,11). The molecule has 0 aromatic rings. The molecule has 0 aromatic carbocycles. The molecule has 1 aliphatic heterocycles. The van der Waals surface area contributed by atoms with Gasteiger partial charge in [-0.25, -0.2) is 0 Å². The monoisotopic (exact) mass is 157 g/mol. The van der Waals surface area contributed by atoms with Gasteiger partial charge < -0.3 is 10.0 Å². The van der Waals surface area contributed by atoms with E-state index < -0.39 is 5.97 Å². The number of carboxylic acid groups (broad SMARTS) is 1. The Morgan fingerprint density at radius 1 is 1.73 bits per heavy atom. The summed E-state index contributed by atoms with van der Waals surface area (Å²) in [7, 11) is 0. The van der Waals surface area contributed by atoms with Crippen LogP contribution < -0.4 is 0 Å². The van der Waals surface area contributed by atoms with Gasteiger partial charge in [0.25, 0.3) is 0 Å². The Labute approximate surface area is 67.0 Å². The average Bonchev–Trinajstić information content (AvgIpc) is 2.31. The number of nitrogens with zero attached hydrogens (tertiary/aromatic N) is 1. The van der Waals surface area contributed by atoms with Crippen molar-refractivity contribution in [3.05, 3.63) is 0 Å². The Kier molecular flexibility index (Phi) is 2.88. The van der Waals surface area contributed by atoms with E-state index in [4.69, 9.17) is 5.11 Å². The minimum absolute atomic E-state index is 0.282. The molecule has 1 aliphatic rings. The molecule has 0 bridgehead atoms. The average molecular weight is 157 g/mol. The van der Waals surface area contributed by atoms with Gasteiger partial charge in [0.2, 0.25) is 0 Å². The highest BCUT2D eigenvalue weighted by molar-refractivity contribution is 5.66. The van der Waals surface area contributed by atoms with Gasteiger partial charge in [-0.1, -0.05) is 0 Å². The van der Waals surface area contributed by atoms with Crippen molar-refractivity contribution >= 4 is 5.97 Å². The highest BCUT2D eigenvalue weighted by atomic mass is 16.4. The minimum Gasteiger partial charge on any atom is -0.481 e. The highest BCUT2D eigenvalue weighted by Gasteiger charge is 2.19. The molecule has 1 heterocycles. The van der Waals surface area contributed by atoms with Gasteiger partial charge in [-0.15, -0.1) is 0 Å². The van der Waals surface area contributed by atoms with Gasteiger partial charge in [-0.05, 0) is 26.3 Å². The van der Waals surface area contributed by atoms with Gasteiger partial charge in [0, 0.05) is 12.6 Å². The van der Waals surface area contributed by atoms with Crippen molar-refractivity contribution in [3.63, 3.8) is 0 Å². The summed E-state index contributed by atoms with van der Waals surface area (Å²) in [5.41, 5.74) is 0. The second-order valence-electron chi connectivity index (χ2n) is 3.17. The number of likely N-dealkylation sites (tertiary alicyclic amines) is 1. The van der Waals surface area contributed by atoms with E-state index in [0.717, 1.165) is 13.1 Å². The summed E-state index contributed by atoms with van der Waals surface area (Å²) in [4.78, 5) is 12.5. The number of aliphatic carboxylic acids is 1. The number of rotatable bonds is 3. The summed E-state index contributed by atoms with van der Waals surface area (Å²) in [5.74, 6) is -0.691. The maximum absolute atomic E-state index is 10.2. The molecule has 0 spiro atoms. The van der Waals surface area contributed by atoms with E-state index in [9.17, 15) is 4.79 Å². The maximum Gasteiger partial charge on any atom is 0.304 e. The van der Waals surface area contributed by atoms with Crippen molar-refractivity contribution in [2.24, 2.45) is 0 Å². The summed E-state index contributed by atoms with van der Waals surface area (Å²) >= 11 is 0. The molecule has 0 aromatic heterocycles. The Balaban J connectivity index is 2.20. The van der Waals surface area contributed by atoms with Crippen LogP contribution in [-0.4, -0.2) is 35.1 Å². The number of hydrogen-bond donors (Lipinski definition) is 1. The summed E-state index contributed by atoms with van der Waals surface area (Å²) < 4.78 is 0. The zero-order chi connectivity index (χ0) is 8.27. The topological polar surface area (TPSA) is 40.5 Å². The molecular weight excluding hydrogens is 142 g/mol. The second kappa shape index (κ2) is 3.72. The molecule has 3 nitrogen and oxygen atoms in total. The van der Waals surface area contributed by atoms with Crippen LogP contribution in [0.15, 0.2) is 0 Å². The van der Waals surface area contributed by atoms with E-state index in [-0.39, 0.29) is 6.42 Å². The van der Waals surface area contributed by atoms with E-state index in [1.165, 1.54) is 12.8 Å². The van der Waals surface area contributed by atoms with Crippen LogP contribution in [0.2, 0.25) is 0 Å². The Morgan fingerprint density at radius 3 is 2.91 bits per heavy atom. The lowest BCUT2D eigenvalue weighted by atomic mass is 10.2. The quantitative estimate of drug-likeness (QED) is 0.663. The molecule has 64 valence electrons. The molecule has 1 unspecified atom stereocenters. The Hall–Kier alpha value is -0.570. The molecule has 0 saturated carbocycles. The van der Waals surface area contributed by atoms with E-state index in [0.29, 0.717) is 6.04 Å². The fourth-order valence-electron chi connectivity index (χ4n) is 1.56. The van der Waals surface area contributed by atoms with Crippen LogP contribution in [0.4, 0.5) is 0 Å². The fraction of sp³-hybridized carbons (Fsp3) is 0.875. The van der Waals surface area contributed by atoms with Crippen LogP contribution >= 0.6 is 0 Å². The smallest absolute Gasteiger partial charge is 0.304 e. The molecule has 1 fully saturated rings. The zero-order valence-electron chi connectivity index (χ0n) is 6.92. The zero-order valence-corrected chi connectivity index (χ0v) is 6.92.